The molecule has 2 heterocycles. The van der Waals surface area contributed by atoms with Crippen molar-refractivity contribution in [2.24, 2.45) is 0 Å². The molecule has 1 atom stereocenters. The van der Waals surface area contributed by atoms with E-state index in [-0.39, 0.29) is 11.9 Å². The van der Waals surface area contributed by atoms with Gasteiger partial charge in [-0.15, -0.1) is 11.3 Å². The minimum atomic E-state index is -0.0800. The summed E-state index contributed by atoms with van der Waals surface area (Å²) in [6, 6.07) is 15.2. The van der Waals surface area contributed by atoms with Gasteiger partial charge in [0.25, 0.3) is 5.91 Å². The maximum atomic E-state index is 12.5. The second-order valence-electron chi connectivity index (χ2n) is 5.88. The van der Waals surface area contributed by atoms with Crippen molar-refractivity contribution in [3.63, 3.8) is 0 Å². The molecule has 1 aromatic carbocycles. The molecule has 4 nitrogen and oxygen atoms in total. The molecule has 25 heavy (non-hydrogen) atoms. The highest BCUT2D eigenvalue weighted by Gasteiger charge is 2.19. The highest BCUT2D eigenvalue weighted by atomic mass is 35.5. The van der Waals surface area contributed by atoms with Crippen molar-refractivity contribution in [2.45, 2.75) is 6.04 Å². The van der Waals surface area contributed by atoms with E-state index >= 15 is 0 Å². The highest BCUT2D eigenvalue weighted by Crippen LogP contribution is 2.29. The summed E-state index contributed by atoms with van der Waals surface area (Å²) in [7, 11) is 3.92. The van der Waals surface area contributed by atoms with E-state index < -0.39 is 0 Å². The number of nitrogens with one attached hydrogen (secondary N) is 1. The van der Waals surface area contributed by atoms with Crippen molar-refractivity contribution >= 4 is 28.8 Å². The van der Waals surface area contributed by atoms with Gasteiger partial charge >= 0.3 is 0 Å². The van der Waals surface area contributed by atoms with Gasteiger partial charge in [-0.2, -0.15) is 0 Å². The number of amides is 1. The molecule has 3 rings (SSSR count). The number of carbonyl (C=O) groups is 1. The van der Waals surface area contributed by atoms with Gasteiger partial charge in [0, 0.05) is 16.4 Å². The van der Waals surface area contributed by atoms with Gasteiger partial charge in [-0.3, -0.25) is 9.69 Å². The molecule has 1 N–H and O–H groups in total. The number of rotatable bonds is 6. The Hall–Kier alpha value is -2.08. The summed E-state index contributed by atoms with van der Waals surface area (Å²) in [6.07, 6.45) is 1.64. The highest BCUT2D eigenvalue weighted by molar-refractivity contribution is 7.17. The molecule has 1 amide bonds. The molecule has 0 radical (unpaired) electrons. The van der Waals surface area contributed by atoms with Gasteiger partial charge in [0.15, 0.2) is 0 Å². The van der Waals surface area contributed by atoms with Crippen molar-refractivity contribution < 1.29 is 9.21 Å². The Morgan fingerprint density at radius 2 is 1.96 bits per heavy atom. The van der Waals surface area contributed by atoms with Gasteiger partial charge < -0.3 is 9.73 Å². The van der Waals surface area contributed by atoms with Gasteiger partial charge in [-0.25, -0.2) is 0 Å². The maximum absolute atomic E-state index is 12.5. The van der Waals surface area contributed by atoms with Crippen LogP contribution in [-0.2, 0) is 0 Å². The minimum Gasteiger partial charge on any atom is -0.468 e. The molecule has 0 fully saturated rings. The summed E-state index contributed by atoms with van der Waals surface area (Å²) in [5, 5.41) is 3.69. The first kappa shape index (κ1) is 17.7. The quantitative estimate of drug-likeness (QED) is 0.680. The summed E-state index contributed by atoms with van der Waals surface area (Å²) in [5.74, 6) is 0.752. The monoisotopic (exact) mass is 374 g/mol. The molecule has 6 heteroatoms. The van der Waals surface area contributed by atoms with E-state index in [1.54, 1.807) is 6.26 Å². The zero-order valence-electron chi connectivity index (χ0n) is 14.0. The van der Waals surface area contributed by atoms with E-state index in [0.717, 1.165) is 16.2 Å². The normalized spacial score (nSPS) is 12.3. The van der Waals surface area contributed by atoms with Crippen molar-refractivity contribution in [1.82, 2.24) is 10.2 Å². The van der Waals surface area contributed by atoms with E-state index in [2.05, 4.69) is 5.32 Å². The number of likely N-dealkylation sites (N-methyl/N-ethyl adjacent to an activating group) is 1. The molecule has 3 aromatic rings. The Morgan fingerprint density at radius 1 is 1.20 bits per heavy atom. The van der Waals surface area contributed by atoms with Crippen LogP contribution in [0.15, 0.2) is 59.2 Å². The van der Waals surface area contributed by atoms with Crippen LogP contribution in [0.3, 0.4) is 0 Å². The average molecular weight is 375 g/mol. The van der Waals surface area contributed by atoms with Crippen LogP contribution in [-0.4, -0.2) is 31.4 Å². The summed E-state index contributed by atoms with van der Waals surface area (Å²) >= 11 is 7.39. The zero-order chi connectivity index (χ0) is 17.8. The van der Waals surface area contributed by atoms with Crippen molar-refractivity contribution in [3.8, 4) is 10.4 Å². The maximum Gasteiger partial charge on any atom is 0.261 e. The van der Waals surface area contributed by atoms with Crippen LogP contribution in [0.1, 0.15) is 21.5 Å². The van der Waals surface area contributed by atoms with Crippen LogP contribution in [0.2, 0.25) is 5.02 Å². The third kappa shape index (κ3) is 4.31. The first-order valence-corrected chi connectivity index (χ1v) is 9.08. The van der Waals surface area contributed by atoms with Crippen LogP contribution in [0.25, 0.3) is 10.4 Å². The molecule has 2 aromatic heterocycles. The van der Waals surface area contributed by atoms with Crippen LogP contribution >= 0.6 is 22.9 Å². The first-order chi connectivity index (χ1) is 12.0. The van der Waals surface area contributed by atoms with Gasteiger partial charge in [0.1, 0.15) is 5.76 Å². The molecule has 0 saturated carbocycles. The number of hydrogen-bond acceptors (Lipinski definition) is 4. The van der Waals surface area contributed by atoms with Crippen molar-refractivity contribution in [3.05, 3.63) is 70.5 Å². The Labute approximate surface area is 156 Å². The molecule has 0 aliphatic carbocycles. The summed E-state index contributed by atoms with van der Waals surface area (Å²) in [4.78, 5) is 16.2. The second kappa shape index (κ2) is 7.87. The Kier molecular flexibility index (Phi) is 5.58. The lowest BCUT2D eigenvalue weighted by Gasteiger charge is -2.22. The Balaban J connectivity index is 1.66. The summed E-state index contributed by atoms with van der Waals surface area (Å²) in [6.45, 7) is 0.480. The smallest absolute Gasteiger partial charge is 0.261 e. The molecule has 130 valence electrons. The van der Waals surface area contributed by atoms with E-state index in [0.29, 0.717) is 16.4 Å². The number of thiophene rings is 1. The third-order valence-electron chi connectivity index (χ3n) is 3.91. The summed E-state index contributed by atoms with van der Waals surface area (Å²) in [5.41, 5.74) is 1.05. The molecule has 0 bridgehead atoms. The Bertz CT molecular complexity index is 825. The average Bonchev–Trinajstić information content (AvgIpc) is 3.27. The molecule has 0 aliphatic rings. The molecule has 0 aliphatic heterocycles. The number of benzene rings is 1. The van der Waals surface area contributed by atoms with Crippen LogP contribution in [0, 0.1) is 0 Å². The van der Waals surface area contributed by atoms with Gasteiger partial charge in [-0.05, 0) is 56.1 Å². The molecular weight excluding hydrogens is 356 g/mol. The fourth-order valence-corrected chi connectivity index (χ4v) is 3.58. The van der Waals surface area contributed by atoms with E-state index in [4.69, 9.17) is 16.0 Å². The van der Waals surface area contributed by atoms with E-state index in [1.165, 1.54) is 11.3 Å². The van der Waals surface area contributed by atoms with E-state index in [9.17, 15) is 4.79 Å². The van der Waals surface area contributed by atoms with Gasteiger partial charge in [0.05, 0.1) is 17.2 Å². The lowest BCUT2D eigenvalue weighted by Crippen LogP contribution is -2.34. The molecule has 0 unspecified atom stereocenters. The van der Waals surface area contributed by atoms with Gasteiger partial charge in [0.2, 0.25) is 0 Å². The molecule has 0 spiro atoms. The predicted molar refractivity (Wildman–Crippen MR) is 102 cm³/mol. The first-order valence-electron chi connectivity index (χ1n) is 7.88. The number of hydrogen-bond donors (Lipinski definition) is 1. The topological polar surface area (TPSA) is 45.5 Å². The number of furan rings is 1. The zero-order valence-corrected chi connectivity index (χ0v) is 15.6. The third-order valence-corrected chi connectivity index (χ3v) is 5.29. The van der Waals surface area contributed by atoms with Gasteiger partial charge in [-0.1, -0.05) is 23.7 Å². The van der Waals surface area contributed by atoms with Crippen LogP contribution in [0.5, 0.6) is 0 Å². The van der Waals surface area contributed by atoms with E-state index in [1.807, 2.05) is 67.5 Å². The largest absolute Gasteiger partial charge is 0.468 e. The second-order valence-corrected chi connectivity index (χ2v) is 7.40. The van der Waals surface area contributed by atoms with Crippen LogP contribution in [0.4, 0.5) is 0 Å². The lowest BCUT2D eigenvalue weighted by molar-refractivity contribution is 0.0943. The predicted octanol–water partition coefficient (Wildman–Crippen LogP) is 4.69. The van der Waals surface area contributed by atoms with Crippen LogP contribution < -0.4 is 5.32 Å². The minimum absolute atomic E-state index is 0.00496. The van der Waals surface area contributed by atoms with Crippen molar-refractivity contribution in [2.75, 3.05) is 20.6 Å². The lowest BCUT2D eigenvalue weighted by atomic mass is 10.2. The standard InChI is InChI=1S/C19H19ClN2O2S/c1-22(2)15(16-4-3-11-24-16)12-21-19(23)18-10-9-17(25-18)13-5-7-14(20)8-6-13/h3-11,15H,12H2,1-2H3,(H,21,23)/t15-/m0/s1. The SMILES string of the molecule is CN(C)[C@@H](CNC(=O)c1ccc(-c2ccc(Cl)cc2)s1)c1ccco1. The summed E-state index contributed by atoms with van der Waals surface area (Å²) < 4.78 is 5.47. The fourth-order valence-electron chi connectivity index (χ4n) is 2.52. The number of nitrogens with zero attached hydrogens (tertiary/aromatic N) is 1. The number of carbonyl (C=O) groups excluding carboxylic acids is 1. The molecule has 0 saturated heterocycles. The Morgan fingerprint density at radius 3 is 2.60 bits per heavy atom. The fraction of sp³-hybridized carbons (Fsp3) is 0.211. The number of halogens is 1. The van der Waals surface area contributed by atoms with Crippen molar-refractivity contribution in [1.29, 1.82) is 0 Å². The molecular formula is C19H19ClN2O2S.